The first-order valence-corrected chi connectivity index (χ1v) is 24.4. The number of allylic oxidation sites excluding steroid dienone is 10. The molecule has 2 spiro atoms. The van der Waals surface area contributed by atoms with Crippen molar-refractivity contribution in [1.82, 2.24) is 0 Å². The number of carbonyl (C=O) groups excluding carboxylic acids is 2. The Morgan fingerprint density at radius 2 is 0.886 bits per heavy atom. The molecule has 8 aliphatic rings. The SMILES string of the molecule is N#CC(C#N)=C1/C(=N/c2cc3c(s2)C2=CC4C=C5OC6(CCCCC6)c6cc(/N=C7\C(=O)c8cc(F)c(F)cc8C7=C(C#N)C#N)sc6C5=CC4C=C2OC32CCCCC2)C(=O)c2cc(F)c(F)cc21. The second-order valence-electron chi connectivity index (χ2n) is 18.5. The zero-order valence-electron chi connectivity index (χ0n) is 36.6. The third kappa shape index (κ3) is 6.37. The third-order valence-corrected chi connectivity index (χ3v) is 16.8. The molecule has 0 N–H and O–H groups in total. The maximum atomic E-state index is 14.6. The van der Waals surface area contributed by atoms with Crippen LogP contribution >= 0.6 is 22.7 Å². The van der Waals surface area contributed by atoms with E-state index in [9.17, 15) is 48.2 Å². The molecule has 12 rings (SSSR count). The Morgan fingerprint density at radius 3 is 1.24 bits per heavy atom. The topological polar surface area (TPSA) is 172 Å². The highest BCUT2D eigenvalue weighted by atomic mass is 32.1. The molecule has 4 aromatic rings. The van der Waals surface area contributed by atoms with Crippen LogP contribution in [0.1, 0.15) is 117 Å². The molecule has 0 amide bonds. The number of aliphatic imine (C=N–C) groups is 2. The minimum absolute atomic E-state index is 0.0705. The van der Waals surface area contributed by atoms with Crippen LogP contribution in [0.2, 0.25) is 0 Å². The number of nitrogens with zero attached hydrogens (tertiary/aromatic N) is 6. The molecule has 16 heteroatoms. The van der Waals surface area contributed by atoms with Gasteiger partial charge in [0.15, 0.2) is 23.3 Å². The molecule has 342 valence electrons. The molecule has 2 saturated carbocycles. The van der Waals surface area contributed by atoms with Gasteiger partial charge in [0.1, 0.15) is 79.6 Å². The van der Waals surface area contributed by atoms with Crippen molar-refractivity contribution >= 4 is 78.0 Å². The molecule has 6 aliphatic carbocycles. The van der Waals surface area contributed by atoms with Gasteiger partial charge in [0, 0.05) is 77.3 Å². The second-order valence-corrected chi connectivity index (χ2v) is 20.6. The van der Waals surface area contributed by atoms with Gasteiger partial charge in [-0.05, 0) is 99.9 Å². The summed E-state index contributed by atoms with van der Waals surface area (Å²) >= 11 is 2.67. The fourth-order valence-corrected chi connectivity index (χ4v) is 13.8. The summed E-state index contributed by atoms with van der Waals surface area (Å²) in [7, 11) is 0. The number of hydrogen-bond acceptors (Lipinski definition) is 12. The van der Waals surface area contributed by atoms with Crippen LogP contribution in [0.4, 0.5) is 27.6 Å². The highest BCUT2D eigenvalue weighted by molar-refractivity contribution is 7.17. The summed E-state index contributed by atoms with van der Waals surface area (Å²) in [5.41, 5.74) is -0.130. The Morgan fingerprint density at radius 1 is 0.529 bits per heavy atom. The van der Waals surface area contributed by atoms with Crippen LogP contribution in [-0.2, 0) is 20.7 Å². The second kappa shape index (κ2) is 15.9. The lowest BCUT2D eigenvalue weighted by Gasteiger charge is -2.46. The molecule has 2 aliphatic heterocycles. The minimum Gasteiger partial charge on any atom is -0.482 e. The molecule has 2 aromatic carbocycles. The number of thiophene rings is 2. The van der Waals surface area contributed by atoms with Gasteiger partial charge in [-0.15, -0.1) is 22.7 Å². The van der Waals surface area contributed by atoms with Crippen LogP contribution in [0.15, 0.2) is 93.4 Å². The van der Waals surface area contributed by atoms with Gasteiger partial charge < -0.3 is 9.47 Å². The molecule has 2 aromatic heterocycles. The lowest BCUT2D eigenvalue weighted by Crippen LogP contribution is -2.37. The predicted octanol–water partition coefficient (Wildman–Crippen LogP) is 12.8. The standard InChI is InChI=1S/C54H32F4N6O4S2/c55-37-15-29-31(17-39(37)57)49(65)47(45(29)27(21-59)22-60)63-43-19-35-51(69-43)33-11-26-14-42-34(12-25(26)13-41(33)67-53(35)7-3-1-4-8-53)52-36(54(68-42)9-5-2-6-10-54)20-44(70-52)64-48-46(28(23-61)24-62)30-16-38(56)40(58)18-32(30)50(48)66/h11-20,25-26H,1-10H2/b63-47-,64-48-. The van der Waals surface area contributed by atoms with Crippen LogP contribution in [0.25, 0.3) is 22.3 Å². The number of fused-ring (bicyclic) bond motifs is 11. The van der Waals surface area contributed by atoms with Gasteiger partial charge in [-0.25, -0.2) is 27.5 Å². The van der Waals surface area contributed by atoms with Crippen molar-refractivity contribution in [1.29, 1.82) is 21.0 Å². The summed E-state index contributed by atoms with van der Waals surface area (Å²) < 4.78 is 72.3. The fraction of sp³-hybridized carbons (Fsp3) is 0.259. The van der Waals surface area contributed by atoms with E-state index in [4.69, 9.17) is 19.5 Å². The number of rotatable bonds is 2. The molecule has 10 nitrogen and oxygen atoms in total. The predicted molar refractivity (Wildman–Crippen MR) is 251 cm³/mol. The zero-order valence-corrected chi connectivity index (χ0v) is 38.3. The first-order chi connectivity index (χ1) is 33.9. The van der Waals surface area contributed by atoms with E-state index < -0.39 is 57.2 Å². The van der Waals surface area contributed by atoms with Gasteiger partial charge in [-0.3, -0.25) is 9.59 Å². The Labute approximate surface area is 405 Å². The van der Waals surface area contributed by atoms with Crippen molar-refractivity contribution in [3.05, 3.63) is 150 Å². The minimum atomic E-state index is -1.24. The van der Waals surface area contributed by atoms with Crippen molar-refractivity contribution in [2.24, 2.45) is 21.8 Å². The van der Waals surface area contributed by atoms with Crippen LogP contribution in [0.5, 0.6) is 0 Å². The van der Waals surface area contributed by atoms with E-state index in [0.717, 1.165) is 121 Å². The molecule has 70 heavy (non-hydrogen) atoms. The summed E-state index contributed by atoms with van der Waals surface area (Å²) in [6.07, 6.45) is 17.1. The molecular formula is C54H32F4N6O4S2. The Bertz CT molecular complexity index is 3350. The average Bonchev–Trinajstić information content (AvgIpc) is 4.12. The number of benzene rings is 2. The van der Waals surface area contributed by atoms with Crippen molar-refractivity contribution < 1.29 is 36.6 Å². The van der Waals surface area contributed by atoms with Crippen LogP contribution < -0.4 is 0 Å². The first kappa shape index (κ1) is 43.5. The molecule has 2 fully saturated rings. The highest BCUT2D eigenvalue weighted by Gasteiger charge is 2.49. The smallest absolute Gasteiger partial charge is 0.212 e. The van der Waals surface area contributed by atoms with Crippen LogP contribution in [-0.4, -0.2) is 23.0 Å². The maximum Gasteiger partial charge on any atom is 0.212 e. The van der Waals surface area contributed by atoms with Gasteiger partial charge in [0.05, 0.1) is 0 Å². The summed E-state index contributed by atoms with van der Waals surface area (Å²) in [6, 6.07) is 14.1. The average molecular weight is 969 g/mol. The van der Waals surface area contributed by atoms with Gasteiger partial charge in [-0.1, -0.05) is 25.0 Å². The molecule has 0 radical (unpaired) electrons. The summed E-state index contributed by atoms with van der Waals surface area (Å²) in [5.74, 6) is -5.38. The van der Waals surface area contributed by atoms with Gasteiger partial charge in [-0.2, -0.15) is 21.0 Å². The van der Waals surface area contributed by atoms with E-state index in [-0.39, 0.29) is 56.7 Å². The molecule has 2 atom stereocenters. The number of Topliss-reactive ketones (excluding diaryl/α,β-unsaturated/α-hetero) is 2. The lowest BCUT2D eigenvalue weighted by atomic mass is 9.72. The fourth-order valence-electron chi connectivity index (χ4n) is 11.5. The van der Waals surface area contributed by atoms with Crippen molar-refractivity contribution in [3.8, 4) is 24.3 Å². The Balaban J connectivity index is 0.960. The van der Waals surface area contributed by atoms with E-state index in [1.807, 2.05) is 12.1 Å². The first-order valence-electron chi connectivity index (χ1n) is 22.8. The van der Waals surface area contributed by atoms with E-state index in [1.54, 1.807) is 24.3 Å². The van der Waals surface area contributed by atoms with E-state index in [2.05, 4.69) is 24.3 Å². The number of halogens is 4. The van der Waals surface area contributed by atoms with Crippen LogP contribution in [0, 0.1) is 80.4 Å². The van der Waals surface area contributed by atoms with E-state index in [1.165, 1.54) is 22.7 Å². The molecule has 0 saturated heterocycles. The number of ether oxygens (including phenoxy) is 2. The summed E-state index contributed by atoms with van der Waals surface area (Å²) in [5, 5.41) is 40.4. The highest BCUT2D eigenvalue weighted by Crippen LogP contribution is 2.60. The molecule has 2 unspecified atom stereocenters. The largest absolute Gasteiger partial charge is 0.482 e. The summed E-state index contributed by atoms with van der Waals surface area (Å²) in [6.45, 7) is 0. The summed E-state index contributed by atoms with van der Waals surface area (Å²) in [4.78, 5) is 39.0. The van der Waals surface area contributed by atoms with E-state index in [0.29, 0.717) is 21.5 Å². The normalized spacial score (nSPS) is 22.8. The monoisotopic (exact) mass is 968 g/mol. The maximum absolute atomic E-state index is 14.6. The number of carbonyl (C=O) groups is 2. The number of ketones is 2. The van der Waals surface area contributed by atoms with Gasteiger partial charge in [0.2, 0.25) is 11.6 Å². The quantitative estimate of drug-likeness (QED) is 0.141. The van der Waals surface area contributed by atoms with Gasteiger partial charge >= 0.3 is 0 Å². The van der Waals surface area contributed by atoms with Crippen molar-refractivity contribution in [2.75, 3.05) is 0 Å². The number of nitriles is 4. The molecule has 4 heterocycles. The molecule has 0 bridgehead atoms. The van der Waals surface area contributed by atoms with Gasteiger partial charge in [0.25, 0.3) is 0 Å². The third-order valence-electron chi connectivity index (χ3n) is 14.7. The van der Waals surface area contributed by atoms with Crippen LogP contribution in [0.3, 0.4) is 0 Å². The van der Waals surface area contributed by atoms with Crippen molar-refractivity contribution in [2.45, 2.75) is 75.4 Å². The zero-order chi connectivity index (χ0) is 48.4. The lowest BCUT2D eigenvalue weighted by molar-refractivity contribution is -0.0338. The molecular weight excluding hydrogens is 937 g/mol. The Hall–Kier alpha value is -7.76. The Kier molecular flexibility index (Phi) is 9.88. The van der Waals surface area contributed by atoms with E-state index >= 15 is 0 Å². The number of hydrogen-bond donors (Lipinski definition) is 0. The van der Waals surface area contributed by atoms with Crippen molar-refractivity contribution in [3.63, 3.8) is 0 Å².